The van der Waals surface area contributed by atoms with E-state index in [0.29, 0.717) is 0 Å². The largest absolute Gasteiger partial charge is 0.479 e. The molecule has 0 fully saturated rings. The number of benzene rings is 3. The minimum Gasteiger partial charge on any atom is -0.479 e. The van der Waals surface area contributed by atoms with Crippen LogP contribution in [-0.4, -0.2) is 41.3 Å². The van der Waals surface area contributed by atoms with E-state index in [4.69, 9.17) is 4.74 Å². The van der Waals surface area contributed by atoms with Crippen molar-refractivity contribution in [2.45, 2.75) is 24.8 Å². The van der Waals surface area contributed by atoms with Crippen molar-refractivity contribution in [3.05, 3.63) is 95.3 Å². The fraction of sp³-hybridized carbons (Fsp3) is 0.231. The van der Waals surface area contributed by atoms with E-state index >= 15 is 0 Å². The second-order valence-corrected chi connectivity index (χ2v) is 8.21. The number of likely N-dealkylation sites (N-methyl/N-ethyl adjacent to an activating group) is 1. The molecule has 0 saturated heterocycles. The van der Waals surface area contributed by atoms with Crippen molar-refractivity contribution < 1.29 is 23.8 Å². The number of ether oxygens (including phenoxy) is 1. The molecule has 1 unspecified atom stereocenters. The lowest BCUT2D eigenvalue weighted by Gasteiger charge is -2.34. The lowest BCUT2D eigenvalue weighted by Crippen LogP contribution is -2.55. The molecule has 0 spiro atoms. The zero-order chi connectivity index (χ0) is 22.9. The van der Waals surface area contributed by atoms with E-state index < -0.39 is 23.4 Å². The SMILES string of the molecule is CN(C(=O)OCC1c2ccccc2-c2ccccc21)C(C)(Cc1ccccc1F)C(=O)O. The number of carboxylic acid groups (broad SMARTS) is 1. The highest BCUT2D eigenvalue weighted by atomic mass is 19.1. The Labute approximate surface area is 186 Å². The monoisotopic (exact) mass is 433 g/mol. The maximum atomic E-state index is 14.2. The number of amides is 1. The maximum Gasteiger partial charge on any atom is 0.410 e. The topological polar surface area (TPSA) is 66.8 Å². The molecule has 1 N–H and O–H groups in total. The molecule has 0 aromatic heterocycles. The molecule has 0 saturated carbocycles. The standard InChI is InChI=1S/C26H24FNO4/c1-26(24(29)30,15-17-9-3-8-14-23(17)27)28(2)25(31)32-16-22-20-12-6-4-10-18(20)19-11-5-7-13-21(19)22/h3-14,22H,15-16H2,1-2H3,(H,29,30). The predicted molar refractivity (Wildman–Crippen MR) is 119 cm³/mol. The summed E-state index contributed by atoms with van der Waals surface area (Å²) in [6, 6.07) is 21.9. The first-order valence-corrected chi connectivity index (χ1v) is 10.4. The van der Waals surface area contributed by atoms with Gasteiger partial charge in [-0.1, -0.05) is 66.7 Å². The molecular weight excluding hydrogens is 409 g/mol. The number of nitrogens with zero attached hydrogens (tertiary/aromatic N) is 1. The predicted octanol–water partition coefficient (Wildman–Crippen LogP) is 5.09. The van der Waals surface area contributed by atoms with Crippen LogP contribution in [0.5, 0.6) is 0 Å². The van der Waals surface area contributed by atoms with E-state index in [1.54, 1.807) is 6.07 Å². The van der Waals surface area contributed by atoms with Crippen molar-refractivity contribution >= 4 is 12.1 Å². The lowest BCUT2D eigenvalue weighted by atomic mass is 9.91. The van der Waals surface area contributed by atoms with Crippen molar-refractivity contribution in [1.29, 1.82) is 0 Å². The average molecular weight is 433 g/mol. The minimum atomic E-state index is -1.68. The molecule has 6 heteroatoms. The Kier molecular flexibility index (Phi) is 5.70. The van der Waals surface area contributed by atoms with Gasteiger partial charge in [0, 0.05) is 19.4 Å². The summed E-state index contributed by atoms with van der Waals surface area (Å²) in [5, 5.41) is 9.87. The quantitative estimate of drug-likeness (QED) is 0.588. The van der Waals surface area contributed by atoms with Crippen molar-refractivity contribution in [2.75, 3.05) is 13.7 Å². The minimum absolute atomic E-state index is 0.0760. The fourth-order valence-corrected chi connectivity index (χ4v) is 4.24. The molecule has 32 heavy (non-hydrogen) atoms. The molecule has 0 bridgehead atoms. The third kappa shape index (κ3) is 3.73. The summed E-state index contributed by atoms with van der Waals surface area (Å²) < 4.78 is 19.7. The van der Waals surface area contributed by atoms with Crippen LogP contribution in [0.15, 0.2) is 72.8 Å². The molecule has 3 aromatic carbocycles. The second-order valence-electron chi connectivity index (χ2n) is 8.21. The molecule has 1 aliphatic rings. The van der Waals surface area contributed by atoms with Gasteiger partial charge in [0.15, 0.2) is 0 Å². The van der Waals surface area contributed by atoms with Crippen molar-refractivity contribution in [1.82, 2.24) is 4.90 Å². The molecule has 1 atom stereocenters. The van der Waals surface area contributed by atoms with E-state index in [1.165, 1.54) is 32.2 Å². The summed E-state index contributed by atoms with van der Waals surface area (Å²) in [6.07, 6.45) is -0.955. The van der Waals surface area contributed by atoms with E-state index in [0.717, 1.165) is 27.2 Å². The lowest BCUT2D eigenvalue weighted by molar-refractivity contribution is -0.148. The van der Waals surface area contributed by atoms with E-state index in [9.17, 15) is 19.1 Å². The number of fused-ring (bicyclic) bond motifs is 3. The molecule has 5 nitrogen and oxygen atoms in total. The number of carboxylic acids is 1. The van der Waals surface area contributed by atoms with Gasteiger partial charge in [0.25, 0.3) is 0 Å². The van der Waals surface area contributed by atoms with Gasteiger partial charge in [-0.25, -0.2) is 14.0 Å². The van der Waals surface area contributed by atoms with Crippen LogP contribution >= 0.6 is 0 Å². The van der Waals surface area contributed by atoms with E-state index in [1.807, 2.05) is 48.5 Å². The van der Waals surface area contributed by atoms with Crippen LogP contribution < -0.4 is 0 Å². The second kappa shape index (κ2) is 8.46. The van der Waals surface area contributed by atoms with Gasteiger partial charge >= 0.3 is 12.1 Å². The van der Waals surface area contributed by atoms with Crippen molar-refractivity contribution in [3.8, 4) is 11.1 Å². The smallest absolute Gasteiger partial charge is 0.410 e. The summed E-state index contributed by atoms with van der Waals surface area (Å²) in [5.74, 6) is -1.89. The molecular formula is C26H24FNO4. The molecule has 0 radical (unpaired) electrons. The van der Waals surface area contributed by atoms with Crippen LogP contribution in [0.4, 0.5) is 9.18 Å². The molecule has 3 aromatic rings. The number of halogens is 1. The normalized spacial score (nSPS) is 14.2. The number of hydrogen-bond acceptors (Lipinski definition) is 3. The number of hydrogen-bond donors (Lipinski definition) is 1. The van der Waals surface area contributed by atoms with Crippen LogP contribution in [0, 0.1) is 5.82 Å². The average Bonchev–Trinajstić information content (AvgIpc) is 3.12. The Morgan fingerprint density at radius 2 is 1.50 bits per heavy atom. The first-order chi connectivity index (χ1) is 15.3. The third-order valence-corrected chi connectivity index (χ3v) is 6.30. The molecule has 0 aliphatic heterocycles. The molecule has 1 aliphatic carbocycles. The van der Waals surface area contributed by atoms with Gasteiger partial charge in [0.05, 0.1) is 0 Å². The Morgan fingerprint density at radius 1 is 0.969 bits per heavy atom. The number of carbonyl (C=O) groups excluding carboxylic acids is 1. The van der Waals surface area contributed by atoms with Gasteiger partial charge < -0.3 is 9.84 Å². The van der Waals surface area contributed by atoms with Gasteiger partial charge in [0.2, 0.25) is 0 Å². The summed E-state index contributed by atoms with van der Waals surface area (Å²) in [4.78, 5) is 26.0. The molecule has 164 valence electrons. The van der Waals surface area contributed by atoms with Crippen LogP contribution in [0.1, 0.15) is 29.5 Å². The number of aliphatic carboxylic acids is 1. The highest BCUT2D eigenvalue weighted by Gasteiger charge is 2.42. The molecule has 4 rings (SSSR count). The summed E-state index contributed by atoms with van der Waals surface area (Å²) >= 11 is 0. The molecule has 0 heterocycles. The Balaban J connectivity index is 1.53. The summed E-state index contributed by atoms with van der Waals surface area (Å²) in [5.41, 5.74) is 2.88. The summed E-state index contributed by atoms with van der Waals surface area (Å²) in [6.45, 7) is 1.47. The van der Waals surface area contributed by atoms with Gasteiger partial charge in [-0.3, -0.25) is 4.90 Å². The van der Waals surface area contributed by atoms with Crippen LogP contribution in [0.2, 0.25) is 0 Å². The highest BCUT2D eigenvalue weighted by molar-refractivity contribution is 5.84. The van der Waals surface area contributed by atoms with E-state index in [2.05, 4.69) is 0 Å². The van der Waals surface area contributed by atoms with Crippen molar-refractivity contribution in [2.24, 2.45) is 0 Å². The van der Waals surface area contributed by atoms with Gasteiger partial charge in [-0.2, -0.15) is 0 Å². The van der Waals surface area contributed by atoms with Gasteiger partial charge in [0.1, 0.15) is 18.0 Å². The maximum absolute atomic E-state index is 14.2. The van der Waals surface area contributed by atoms with Crippen LogP contribution in [0.25, 0.3) is 11.1 Å². The zero-order valence-electron chi connectivity index (χ0n) is 17.9. The van der Waals surface area contributed by atoms with Gasteiger partial charge in [-0.05, 0) is 40.8 Å². The zero-order valence-corrected chi connectivity index (χ0v) is 17.9. The Hall–Kier alpha value is -3.67. The van der Waals surface area contributed by atoms with Crippen LogP contribution in [0.3, 0.4) is 0 Å². The van der Waals surface area contributed by atoms with E-state index in [-0.39, 0.29) is 24.5 Å². The Bertz CT molecular complexity index is 1130. The summed E-state index contributed by atoms with van der Waals surface area (Å²) in [7, 11) is 1.37. The third-order valence-electron chi connectivity index (χ3n) is 6.30. The van der Waals surface area contributed by atoms with Gasteiger partial charge in [-0.15, -0.1) is 0 Å². The van der Waals surface area contributed by atoms with Crippen molar-refractivity contribution in [3.63, 3.8) is 0 Å². The fourth-order valence-electron chi connectivity index (χ4n) is 4.24. The highest BCUT2D eigenvalue weighted by Crippen LogP contribution is 2.44. The molecule has 1 amide bonds. The van der Waals surface area contributed by atoms with Crippen LogP contribution in [-0.2, 0) is 16.0 Å². The Morgan fingerprint density at radius 3 is 2.06 bits per heavy atom. The number of rotatable bonds is 6. The number of carbonyl (C=O) groups is 2. The first-order valence-electron chi connectivity index (χ1n) is 10.4. The first kappa shape index (κ1) is 21.6.